The van der Waals surface area contributed by atoms with Crippen molar-refractivity contribution >= 4 is 17.2 Å². The number of aromatic nitrogens is 3. The van der Waals surface area contributed by atoms with Crippen LogP contribution in [0.2, 0.25) is 0 Å². The van der Waals surface area contributed by atoms with Gasteiger partial charge in [0, 0.05) is 60.9 Å². The molecule has 0 unspecified atom stereocenters. The third-order valence-corrected chi connectivity index (χ3v) is 6.20. The van der Waals surface area contributed by atoms with Crippen molar-refractivity contribution < 1.29 is 4.79 Å². The van der Waals surface area contributed by atoms with Crippen LogP contribution in [0, 0.1) is 0 Å². The van der Waals surface area contributed by atoms with Crippen molar-refractivity contribution in [3.8, 4) is 0 Å². The number of thiophene rings is 1. The molecule has 146 valence electrons. The van der Waals surface area contributed by atoms with Crippen LogP contribution in [0.15, 0.2) is 36.0 Å². The number of aryl methyl sites for hydroxylation is 1. The molecule has 0 saturated carbocycles. The van der Waals surface area contributed by atoms with Crippen LogP contribution in [-0.2, 0) is 32.4 Å². The highest BCUT2D eigenvalue weighted by atomic mass is 32.1. The summed E-state index contributed by atoms with van der Waals surface area (Å²) in [5, 5.41) is 11.9. The largest absolute Gasteiger partial charge is 0.352 e. The summed E-state index contributed by atoms with van der Waals surface area (Å²) in [4.78, 5) is 20.9. The monoisotopic (exact) mass is 395 g/mol. The Labute approximate surface area is 169 Å². The first-order chi connectivity index (χ1) is 13.7. The van der Waals surface area contributed by atoms with Gasteiger partial charge in [0.05, 0.1) is 11.3 Å². The number of hydrogen-bond acceptors (Lipinski definition) is 5. The number of amides is 1. The summed E-state index contributed by atoms with van der Waals surface area (Å²) in [5.41, 5.74) is 5.47. The highest BCUT2D eigenvalue weighted by Gasteiger charge is 2.24. The van der Waals surface area contributed by atoms with Crippen molar-refractivity contribution in [3.05, 3.63) is 68.9 Å². The molecule has 2 N–H and O–H groups in total. The van der Waals surface area contributed by atoms with Gasteiger partial charge in [-0.05, 0) is 36.1 Å². The standard InChI is InChI=1S/C21H25N5OS/c1-2-15-3-4-17(23-11-15)12-26-10-7-18-19(14-28-20(18)13-26)21(27)22-8-5-16-6-9-24-25-16/h3-4,6,9,11,14H,2,5,7-8,10,12-13H2,1H3,(H,22,27)(H,24,25). The number of carbonyl (C=O) groups is 1. The third kappa shape index (κ3) is 4.31. The molecule has 4 rings (SSSR count). The van der Waals surface area contributed by atoms with Crippen LogP contribution in [0.1, 0.15) is 44.7 Å². The number of nitrogens with zero attached hydrogens (tertiary/aromatic N) is 3. The lowest BCUT2D eigenvalue weighted by Crippen LogP contribution is -2.31. The smallest absolute Gasteiger partial charge is 0.252 e. The second kappa shape index (κ2) is 8.67. The van der Waals surface area contributed by atoms with E-state index < -0.39 is 0 Å². The zero-order chi connectivity index (χ0) is 19.3. The first kappa shape index (κ1) is 18.8. The summed E-state index contributed by atoms with van der Waals surface area (Å²) >= 11 is 1.69. The van der Waals surface area contributed by atoms with Crippen LogP contribution in [-0.4, -0.2) is 39.1 Å². The predicted octanol–water partition coefficient (Wildman–Crippen LogP) is 2.96. The normalized spacial score (nSPS) is 14.0. The highest BCUT2D eigenvalue weighted by Crippen LogP contribution is 2.29. The molecule has 7 heteroatoms. The molecule has 0 saturated heterocycles. The molecule has 0 radical (unpaired) electrons. The molecule has 4 heterocycles. The average molecular weight is 396 g/mol. The van der Waals surface area contributed by atoms with Crippen molar-refractivity contribution in [2.45, 2.75) is 39.3 Å². The maximum absolute atomic E-state index is 12.6. The van der Waals surface area contributed by atoms with E-state index >= 15 is 0 Å². The second-order valence-corrected chi connectivity index (χ2v) is 8.08. The zero-order valence-corrected chi connectivity index (χ0v) is 16.9. The molecule has 28 heavy (non-hydrogen) atoms. The molecular weight excluding hydrogens is 370 g/mol. The summed E-state index contributed by atoms with van der Waals surface area (Å²) in [7, 11) is 0. The minimum atomic E-state index is 0.0299. The molecular formula is C21H25N5OS. The minimum absolute atomic E-state index is 0.0299. The van der Waals surface area contributed by atoms with E-state index in [4.69, 9.17) is 0 Å². The summed E-state index contributed by atoms with van der Waals surface area (Å²) in [6, 6.07) is 6.22. The number of pyridine rings is 1. The first-order valence-electron chi connectivity index (χ1n) is 9.74. The number of fused-ring (bicyclic) bond motifs is 1. The van der Waals surface area contributed by atoms with Crippen molar-refractivity contribution in [2.75, 3.05) is 13.1 Å². The van der Waals surface area contributed by atoms with E-state index in [2.05, 4.69) is 44.5 Å². The van der Waals surface area contributed by atoms with Crippen LogP contribution >= 0.6 is 11.3 Å². The predicted molar refractivity (Wildman–Crippen MR) is 110 cm³/mol. The molecule has 3 aromatic rings. The summed E-state index contributed by atoms with van der Waals surface area (Å²) in [6.45, 7) is 5.45. The van der Waals surface area contributed by atoms with E-state index in [1.807, 2.05) is 17.6 Å². The quantitative estimate of drug-likeness (QED) is 0.645. The number of aromatic amines is 1. The van der Waals surface area contributed by atoms with Gasteiger partial charge in [0.1, 0.15) is 0 Å². The van der Waals surface area contributed by atoms with Gasteiger partial charge in [-0.1, -0.05) is 13.0 Å². The topological polar surface area (TPSA) is 73.9 Å². The van der Waals surface area contributed by atoms with Gasteiger partial charge < -0.3 is 5.32 Å². The van der Waals surface area contributed by atoms with E-state index in [0.717, 1.165) is 55.8 Å². The van der Waals surface area contributed by atoms with E-state index in [1.165, 1.54) is 16.0 Å². The Morgan fingerprint density at radius 2 is 2.29 bits per heavy atom. The van der Waals surface area contributed by atoms with Crippen LogP contribution < -0.4 is 5.32 Å². The lowest BCUT2D eigenvalue weighted by Gasteiger charge is -2.27. The Kier molecular flexibility index (Phi) is 5.83. The fourth-order valence-corrected chi connectivity index (χ4v) is 4.64. The van der Waals surface area contributed by atoms with Crippen LogP contribution in [0.3, 0.4) is 0 Å². The zero-order valence-electron chi connectivity index (χ0n) is 16.1. The van der Waals surface area contributed by atoms with Gasteiger partial charge in [-0.15, -0.1) is 11.3 Å². The maximum atomic E-state index is 12.6. The third-order valence-electron chi connectivity index (χ3n) is 5.19. The van der Waals surface area contributed by atoms with Crippen molar-refractivity contribution in [1.82, 2.24) is 25.4 Å². The molecule has 0 aromatic carbocycles. The highest BCUT2D eigenvalue weighted by molar-refractivity contribution is 7.10. The van der Waals surface area contributed by atoms with Gasteiger partial charge in [0.25, 0.3) is 5.91 Å². The van der Waals surface area contributed by atoms with E-state index in [9.17, 15) is 4.79 Å². The molecule has 1 aliphatic rings. The Bertz CT molecular complexity index is 917. The van der Waals surface area contributed by atoms with Gasteiger partial charge in [-0.25, -0.2) is 0 Å². The molecule has 0 bridgehead atoms. The van der Waals surface area contributed by atoms with Gasteiger partial charge in [-0.2, -0.15) is 5.10 Å². The molecule has 1 amide bonds. The molecule has 6 nitrogen and oxygen atoms in total. The van der Waals surface area contributed by atoms with E-state index in [0.29, 0.717) is 6.54 Å². The second-order valence-electron chi connectivity index (χ2n) is 7.11. The lowest BCUT2D eigenvalue weighted by molar-refractivity contribution is 0.0952. The molecule has 0 spiro atoms. The summed E-state index contributed by atoms with van der Waals surface area (Å²) in [5.74, 6) is 0.0299. The molecule has 0 atom stereocenters. The fraction of sp³-hybridized carbons (Fsp3) is 0.381. The number of rotatable bonds is 7. The summed E-state index contributed by atoms with van der Waals surface area (Å²) < 4.78 is 0. The van der Waals surface area contributed by atoms with Gasteiger partial charge in [0.2, 0.25) is 0 Å². The maximum Gasteiger partial charge on any atom is 0.252 e. The van der Waals surface area contributed by atoms with Crippen molar-refractivity contribution in [2.24, 2.45) is 0 Å². The van der Waals surface area contributed by atoms with Crippen molar-refractivity contribution in [1.29, 1.82) is 0 Å². The minimum Gasteiger partial charge on any atom is -0.352 e. The van der Waals surface area contributed by atoms with Crippen LogP contribution in [0.25, 0.3) is 0 Å². The summed E-state index contributed by atoms with van der Waals surface area (Å²) in [6.07, 6.45) is 6.39. The molecule has 1 aliphatic heterocycles. The van der Waals surface area contributed by atoms with Crippen molar-refractivity contribution in [3.63, 3.8) is 0 Å². The number of H-pyrrole nitrogens is 1. The Morgan fingerprint density at radius 1 is 1.36 bits per heavy atom. The molecule has 3 aromatic heterocycles. The van der Waals surface area contributed by atoms with Gasteiger partial charge in [0.15, 0.2) is 0 Å². The van der Waals surface area contributed by atoms with Crippen LogP contribution in [0.4, 0.5) is 0 Å². The Balaban J connectivity index is 1.33. The molecule has 0 aliphatic carbocycles. The first-order valence-corrected chi connectivity index (χ1v) is 10.6. The number of nitrogens with one attached hydrogen (secondary N) is 2. The fourth-order valence-electron chi connectivity index (χ4n) is 3.52. The van der Waals surface area contributed by atoms with Gasteiger partial charge in [-0.3, -0.25) is 19.8 Å². The number of carbonyl (C=O) groups excluding carboxylic acids is 1. The van der Waals surface area contributed by atoms with Crippen LogP contribution in [0.5, 0.6) is 0 Å². The van der Waals surface area contributed by atoms with Gasteiger partial charge >= 0.3 is 0 Å². The Hall–Kier alpha value is -2.51. The average Bonchev–Trinajstić information content (AvgIpc) is 3.38. The Morgan fingerprint density at radius 3 is 3.04 bits per heavy atom. The lowest BCUT2D eigenvalue weighted by atomic mass is 10.0. The number of hydrogen-bond donors (Lipinski definition) is 2. The van der Waals surface area contributed by atoms with E-state index in [-0.39, 0.29) is 5.91 Å². The molecule has 0 fully saturated rings. The SMILES string of the molecule is CCc1ccc(CN2CCc3c(C(=O)NCCc4ccn[nH]4)csc3C2)nc1. The van der Waals surface area contributed by atoms with E-state index in [1.54, 1.807) is 17.5 Å².